The summed E-state index contributed by atoms with van der Waals surface area (Å²) >= 11 is 0. The standard InChI is InChI=1S/C11H13FN2O3/c12-9-1-2-11(14(15)16)10(5-9)13-6-8-3-4-17-7-8/h1-2,5,8,13H,3-4,6-7H2. The fourth-order valence-corrected chi connectivity index (χ4v) is 1.81. The van der Waals surface area contributed by atoms with Crippen LogP contribution in [0, 0.1) is 21.8 Å². The number of anilines is 1. The van der Waals surface area contributed by atoms with E-state index in [1.165, 1.54) is 6.07 Å². The van der Waals surface area contributed by atoms with Crippen molar-refractivity contribution in [1.29, 1.82) is 0 Å². The Hall–Kier alpha value is -1.69. The number of ether oxygens (including phenoxy) is 1. The van der Waals surface area contributed by atoms with Crippen LogP contribution in [0.4, 0.5) is 15.8 Å². The normalized spacial score (nSPS) is 19.2. The quantitative estimate of drug-likeness (QED) is 0.647. The first kappa shape index (κ1) is 11.8. The molecule has 1 N–H and O–H groups in total. The van der Waals surface area contributed by atoms with Crippen molar-refractivity contribution >= 4 is 11.4 Å². The van der Waals surface area contributed by atoms with Crippen molar-refractivity contribution in [2.45, 2.75) is 6.42 Å². The molecule has 0 bridgehead atoms. The molecular formula is C11H13FN2O3. The van der Waals surface area contributed by atoms with Crippen molar-refractivity contribution in [2.24, 2.45) is 5.92 Å². The van der Waals surface area contributed by atoms with Gasteiger partial charge >= 0.3 is 0 Å². The zero-order valence-electron chi connectivity index (χ0n) is 9.19. The van der Waals surface area contributed by atoms with Gasteiger partial charge in [-0.05, 0) is 12.5 Å². The van der Waals surface area contributed by atoms with E-state index in [4.69, 9.17) is 4.74 Å². The van der Waals surface area contributed by atoms with Gasteiger partial charge in [-0.1, -0.05) is 0 Å². The maximum atomic E-state index is 13.0. The van der Waals surface area contributed by atoms with E-state index in [1.807, 2.05) is 0 Å². The van der Waals surface area contributed by atoms with Gasteiger partial charge in [-0.15, -0.1) is 0 Å². The Balaban J connectivity index is 2.07. The van der Waals surface area contributed by atoms with E-state index in [-0.39, 0.29) is 11.4 Å². The second kappa shape index (κ2) is 5.09. The van der Waals surface area contributed by atoms with Crippen molar-refractivity contribution in [3.05, 3.63) is 34.1 Å². The van der Waals surface area contributed by atoms with Crippen LogP contribution in [0.15, 0.2) is 18.2 Å². The van der Waals surface area contributed by atoms with E-state index in [9.17, 15) is 14.5 Å². The molecule has 1 aliphatic heterocycles. The minimum atomic E-state index is -0.521. The van der Waals surface area contributed by atoms with Crippen molar-refractivity contribution in [3.8, 4) is 0 Å². The molecule has 1 aromatic rings. The number of benzene rings is 1. The van der Waals surface area contributed by atoms with E-state index in [2.05, 4.69) is 5.32 Å². The Labute approximate surface area is 97.7 Å². The number of nitro benzene ring substituents is 1. The van der Waals surface area contributed by atoms with Crippen molar-refractivity contribution < 1.29 is 14.1 Å². The number of hydrogen-bond donors (Lipinski definition) is 1. The maximum Gasteiger partial charge on any atom is 0.292 e. The molecule has 1 unspecified atom stereocenters. The fraction of sp³-hybridized carbons (Fsp3) is 0.455. The van der Waals surface area contributed by atoms with Gasteiger partial charge in [0.25, 0.3) is 5.69 Å². The molecule has 0 amide bonds. The van der Waals surface area contributed by atoms with Crippen LogP contribution in [0.25, 0.3) is 0 Å². The summed E-state index contributed by atoms with van der Waals surface area (Å²) in [5.74, 6) is -0.154. The lowest BCUT2D eigenvalue weighted by Gasteiger charge is -2.10. The minimum absolute atomic E-state index is 0.106. The summed E-state index contributed by atoms with van der Waals surface area (Å²) in [6.45, 7) is 1.93. The summed E-state index contributed by atoms with van der Waals surface area (Å²) in [6, 6.07) is 3.40. The second-order valence-electron chi connectivity index (χ2n) is 4.03. The van der Waals surface area contributed by atoms with Gasteiger partial charge in [0.2, 0.25) is 0 Å². The lowest BCUT2D eigenvalue weighted by atomic mass is 10.1. The highest BCUT2D eigenvalue weighted by Gasteiger charge is 2.18. The molecule has 17 heavy (non-hydrogen) atoms. The molecule has 0 saturated carbocycles. The van der Waals surface area contributed by atoms with Gasteiger partial charge in [0, 0.05) is 31.2 Å². The largest absolute Gasteiger partial charge is 0.381 e. The summed E-state index contributed by atoms with van der Waals surface area (Å²) in [5, 5.41) is 13.7. The van der Waals surface area contributed by atoms with E-state index < -0.39 is 10.7 Å². The number of hydrogen-bond acceptors (Lipinski definition) is 4. The highest BCUT2D eigenvalue weighted by molar-refractivity contribution is 5.61. The molecule has 1 fully saturated rings. The average molecular weight is 240 g/mol. The second-order valence-corrected chi connectivity index (χ2v) is 4.03. The summed E-state index contributed by atoms with van der Waals surface area (Å²) in [7, 11) is 0. The fourth-order valence-electron chi connectivity index (χ4n) is 1.81. The smallest absolute Gasteiger partial charge is 0.292 e. The van der Waals surface area contributed by atoms with Crippen LogP contribution in [-0.2, 0) is 4.74 Å². The minimum Gasteiger partial charge on any atom is -0.381 e. The van der Waals surface area contributed by atoms with Gasteiger partial charge in [0.15, 0.2) is 0 Å². The molecule has 5 nitrogen and oxygen atoms in total. The molecule has 92 valence electrons. The molecule has 0 aromatic heterocycles. The average Bonchev–Trinajstić information content (AvgIpc) is 2.78. The maximum absolute atomic E-state index is 13.0. The summed E-state index contributed by atoms with van der Waals surface area (Å²) in [5.41, 5.74) is 0.118. The monoisotopic (exact) mass is 240 g/mol. The highest BCUT2D eigenvalue weighted by atomic mass is 19.1. The van der Waals surface area contributed by atoms with Crippen molar-refractivity contribution in [3.63, 3.8) is 0 Å². The molecule has 0 radical (unpaired) electrons. The summed E-state index contributed by atoms with van der Waals surface area (Å²) in [6.07, 6.45) is 0.927. The third kappa shape index (κ3) is 2.91. The first-order chi connectivity index (χ1) is 8.16. The first-order valence-electron chi connectivity index (χ1n) is 5.42. The molecule has 0 spiro atoms. The highest BCUT2D eigenvalue weighted by Crippen LogP contribution is 2.25. The molecule has 6 heteroatoms. The van der Waals surface area contributed by atoms with Crippen molar-refractivity contribution in [2.75, 3.05) is 25.1 Å². The van der Waals surface area contributed by atoms with Gasteiger partial charge in [-0.25, -0.2) is 4.39 Å². The van der Waals surface area contributed by atoms with Gasteiger partial charge in [0.05, 0.1) is 11.5 Å². The molecular weight excluding hydrogens is 227 g/mol. The van der Waals surface area contributed by atoms with Crippen LogP contribution in [0.1, 0.15) is 6.42 Å². The molecule has 2 rings (SSSR count). The first-order valence-corrected chi connectivity index (χ1v) is 5.42. The Kier molecular flexibility index (Phi) is 3.53. The zero-order chi connectivity index (χ0) is 12.3. The predicted octanol–water partition coefficient (Wildman–Crippen LogP) is 2.18. The SMILES string of the molecule is O=[N+]([O-])c1ccc(F)cc1NCC1CCOC1. The summed E-state index contributed by atoms with van der Waals surface area (Å²) in [4.78, 5) is 10.2. The lowest BCUT2D eigenvalue weighted by Crippen LogP contribution is -2.15. The number of nitrogens with zero attached hydrogens (tertiary/aromatic N) is 1. The Morgan fingerprint density at radius 2 is 2.41 bits per heavy atom. The molecule has 1 saturated heterocycles. The molecule has 1 atom stereocenters. The van der Waals surface area contributed by atoms with Gasteiger partial charge in [-0.2, -0.15) is 0 Å². The van der Waals surface area contributed by atoms with Crippen LogP contribution >= 0.6 is 0 Å². The Morgan fingerprint density at radius 1 is 1.59 bits per heavy atom. The van der Waals surface area contributed by atoms with Crippen LogP contribution < -0.4 is 5.32 Å². The van der Waals surface area contributed by atoms with E-state index in [0.29, 0.717) is 19.1 Å². The predicted molar refractivity (Wildman–Crippen MR) is 60.5 cm³/mol. The van der Waals surface area contributed by atoms with E-state index in [0.717, 1.165) is 25.2 Å². The lowest BCUT2D eigenvalue weighted by molar-refractivity contribution is -0.384. The van der Waals surface area contributed by atoms with Gasteiger partial charge in [0.1, 0.15) is 11.5 Å². The van der Waals surface area contributed by atoms with Crippen LogP contribution in [0.2, 0.25) is 0 Å². The van der Waals surface area contributed by atoms with Crippen LogP contribution in [0.5, 0.6) is 0 Å². The molecule has 0 aliphatic carbocycles. The zero-order valence-corrected chi connectivity index (χ0v) is 9.19. The number of halogens is 1. The topological polar surface area (TPSA) is 64.4 Å². The van der Waals surface area contributed by atoms with Gasteiger partial charge < -0.3 is 10.1 Å². The van der Waals surface area contributed by atoms with Crippen molar-refractivity contribution in [1.82, 2.24) is 0 Å². The Bertz CT molecular complexity index is 419. The molecule has 1 aliphatic rings. The third-order valence-corrected chi connectivity index (χ3v) is 2.76. The van der Waals surface area contributed by atoms with Crippen LogP contribution in [0.3, 0.4) is 0 Å². The van der Waals surface area contributed by atoms with Crippen LogP contribution in [-0.4, -0.2) is 24.7 Å². The number of nitro groups is 1. The summed E-state index contributed by atoms with van der Waals surface area (Å²) < 4.78 is 18.2. The third-order valence-electron chi connectivity index (χ3n) is 2.76. The molecule has 1 aromatic carbocycles. The van der Waals surface area contributed by atoms with Gasteiger partial charge in [-0.3, -0.25) is 10.1 Å². The molecule has 1 heterocycles. The Morgan fingerprint density at radius 3 is 3.06 bits per heavy atom. The van der Waals surface area contributed by atoms with E-state index in [1.54, 1.807) is 0 Å². The number of nitrogens with one attached hydrogen (secondary N) is 1. The van der Waals surface area contributed by atoms with E-state index >= 15 is 0 Å². The number of rotatable bonds is 4.